The Kier molecular flexibility index (Phi) is 4.02. The average molecular weight is 297 g/mol. The van der Waals surface area contributed by atoms with Crippen LogP contribution in [0, 0.1) is 0 Å². The van der Waals surface area contributed by atoms with Crippen LogP contribution in [0.25, 0.3) is 22.8 Å². The van der Waals surface area contributed by atoms with Gasteiger partial charge in [0.25, 0.3) is 5.89 Å². The Hall–Kier alpha value is -2.47. The van der Waals surface area contributed by atoms with E-state index in [1.54, 1.807) is 6.20 Å². The highest BCUT2D eigenvalue weighted by Gasteiger charge is 2.16. The van der Waals surface area contributed by atoms with Gasteiger partial charge < -0.3 is 10.3 Å². The number of aromatic nitrogens is 4. The third-order valence-corrected chi connectivity index (χ3v) is 3.70. The molecule has 0 spiro atoms. The third kappa shape index (κ3) is 2.65. The van der Waals surface area contributed by atoms with E-state index in [1.807, 2.05) is 36.0 Å². The van der Waals surface area contributed by atoms with Gasteiger partial charge in [0.15, 0.2) is 0 Å². The van der Waals surface area contributed by atoms with E-state index < -0.39 is 0 Å². The van der Waals surface area contributed by atoms with Crippen molar-refractivity contribution >= 4 is 0 Å². The van der Waals surface area contributed by atoms with Gasteiger partial charge in [-0.25, -0.2) is 0 Å². The van der Waals surface area contributed by atoms with Gasteiger partial charge in [0, 0.05) is 12.6 Å². The molecule has 0 unspecified atom stereocenters. The highest BCUT2D eigenvalue weighted by molar-refractivity contribution is 5.61. The first-order valence-electron chi connectivity index (χ1n) is 7.37. The van der Waals surface area contributed by atoms with Crippen LogP contribution < -0.4 is 5.73 Å². The lowest BCUT2D eigenvalue weighted by Gasteiger charge is -1.99. The highest BCUT2D eigenvalue weighted by Crippen LogP contribution is 2.25. The van der Waals surface area contributed by atoms with Crippen molar-refractivity contribution in [2.45, 2.75) is 19.8 Å². The molecule has 0 aliphatic heterocycles. The maximum Gasteiger partial charge on any atom is 0.261 e. The molecule has 0 aliphatic carbocycles. The molecule has 2 heterocycles. The van der Waals surface area contributed by atoms with Gasteiger partial charge in [-0.1, -0.05) is 36.3 Å². The molecule has 0 amide bonds. The maximum atomic E-state index is 5.56. The van der Waals surface area contributed by atoms with Gasteiger partial charge in [-0.2, -0.15) is 10.1 Å². The Bertz CT molecular complexity index is 757. The summed E-state index contributed by atoms with van der Waals surface area (Å²) in [5.74, 6) is 1.09. The number of rotatable bonds is 5. The molecule has 0 radical (unpaired) electrons. The van der Waals surface area contributed by atoms with Crippen molar-refractivity contribution in [3.63, 3.8) is 0 Å². The van der Waals surface area contributed by atoms with E-state index in [-0.39, 0.29) is 0 Å². The number of nitrogens with zero attached hydrogens (tertiary/aromatic N) is 4. The van der Waals surface area contributed by atoms with Gasteiger partial charge >= 0.3 is 0 Å². The van der Waals surface area contributed by atoms with Crippen molar-refractivity contribution in [3.8, 4) is 22.8 Å². The summed E-state index contributed by atoms with van der Waals surface area (Å²) in [5.41, 5.74) is 9.66. The summed E-state index contributed by atoms with van der Waals surface area (Å²) in [4.78, 5) is 4.49. The lowest BCUT2D eigenvalue weighted by atomic mass is 10.1. The Morgan fingerprint density at radius 2 is 2.00 bits per heavy atom. The summed E-state index contributed by atoms with van der Waals surface area (Å²) >= 11 is 0. The maximum absolute atomic E-state index is 5.56. The summed E-state index contributed by atoms with van der Waals surface area (Å²) in [6.07, 6.45) is 3.49. The minimum absolute atomic E-state index is 0.506. The van der Waals surface area contributed by atoms with Crippen LogP contribution in [0.3, 0.4) is 0 Å². The first kappa shape index (κ1) is 14.5. The molecule has 0 saturated heterocycles. The van der Waals surface area contributed by atoms with E-state index in [1.165, 1.54) is 5.56 Å². The van der Waals surface area contributed by atoms with E-state index in [2.05, 4.69) is 22.2 Å². The van der Waals surface area contributed by atoms with Crippen LogP contribution in [0.2, 0.25) is 0 Å². The van der Waals surface area contributed by atoms with E-state index in [0.29, 0.717) is 18.3 Å². The topological polar surface area (TPSA) is 82.8 Å². The van der Waals surface area contributed by atoms with Crippen LogP contribution in [-0.4, -0.2) is 26.5 Å². The molecule has 2 aromatic heterocycles. The van der Waals surface area contributed by atoms with Crippen molar-refractivity contribution in [1.29, 1.82) is 0 Å². The molecule has 114 valence electrons. The van der Waals surface area contributed by atoms with Crippen LogP contribution in [0.1, 0.15) is 18.2 Å². The second-order valence-electron chi connectivity index (χ2n) is 5.14. The van der Waals surface area contributed by atoms with Crippen molar-refractivity contribution in [3.05, 3.63) is 41.7 Å². The molecule has 6 heteroatoms. The molecule has 6 nitrogen and oxygen atoms in total. The van der Waals surface area contributed by atoms with Crippen LogP contribution in [-0.2, 0) is 19.9 Å². The van der Waals surface area contributed by atoms with Crippen LogP contribution in [0.4, 0.5) is 0 Å². The third-order valence-electron chi connectivity index (χ3n) is 3.70. The smallest absolute Gasteiger partial charge is 0.261 e. The minimum atomic E-state index is 0.506. The fourth-order valence-electron chi connectivity index (χ4n) is 2.50. The highest BCUT2D eigenvalue weighted by atomic mass is 16.5. The van der Waals surface area contributed by atoms with Crippen molar-refractivity contribution in [1.82, 2.24) is 19.9 Å². The van der Waals surface area contributed by atoms with Gasteiger partial charge in [0.1, 0.15) is 0 Å². The van der Waals surface area contributed by atoms with Gasteiger partial charge in [-0.3, -0.25) is 4.68 Å². The molecule has 3 aromatic rings. The molecular weight excluding hydrogens is 278 g/mol. The van der Waals surface area contributed by atoms with E-state index >= 15 is 0 Å². The largest absolute Gasteiger partial charge is 0.333 e. The Morgan fingerprint density at radius 3 is 2.68 bits per heavy atom. The first-order chi connectivity index (χ1) is 10.7. The van der Waals surface area contributed by atoms with Crippen LogP contribution in [0.5, 0.6) is 0 Å². The number of benzene rings is 1. The summed E-state index contributed by atoms with van der Waals surface area (Å²) in [6, 6.07) is 8.06. The van der Waals surface area contributed by atoms with Gasteiger partial charge in [-0.15, -0.1) is 0 Å². The molecule has 0 aliphatic rings. The SMILES string of the molecule is CCc1c(-c2nc(-c3ccc(CCN)cc3)no2)cnn1C. The summed E-state index contributed by atoms with van der Waals surface area (Å²) in [7, 11) is 1.91. The lowest BCUT2D eigenvalue weighted by Crippen LogP contribution is -2.02. The Balaban J connectivity index is 1.90. The van der Waals surface area contributed by atoms with Crippen LogP contribution >= 0.6 is 0 Å². The van der Waals surface area contributed by atoms with Crippen molar-refractivity contribution in [2.24, 2.45) is 12.8 Å². The molecule has 0 fully saturated rings. The lowest BCUT2D eigenvalue weighted by molar-refractivity contribution is 0.432. The van der Waals surface area contributed by atoms with E-state index in [0.717, 1.165) is 29.7 Å². The number of hydrogen-bond donors (Lipinski definition) is 1. The van der Waals surface area contributed by atoms with Crippen LogP contribution in [0.15, 0.2) is 35.0 Å². The molecule has 1 aromatic carbocycles. The zero-order valence-corrected chi connectivity index (χ0v) is 12.8. The minimum Gasteiger partial charge on any atom is -0.333 e. The molecule has 22 heavy (non-hydrogen) atoms. The zero-order valence-electron chi connectivity index (χ0n) is 12.8. The quantitative estimate of drug-likeness (QED) is 0.780. The van der Waals surface area contributed by atoms with E-state index in [4.69, 9.17) is 10.3 Å². The predicted octanol–water partition coefficient (Wildman–Crippen LogP) is 2.20. The van der Waals surface area contributed by atoms with Gasteiger partial charge in [0.05, 0.1) is 17.5 Å². The summed E-state index contributed by atoms with van der Waals surface area (Å²) in [6.45, 7) is 2.72. The van der Waals surface area contributed by atoms with Crippen molar-refractivity contribution in [2.75, 3.05) is 6.54 Å². The molecule has 0 saturated carbocycles. The average Bonchev–Trinajstić information content (AvgIpc) is 3.14. The normalized spacial score (nSPS) is 11.0. The second-order valence-corrected chi connectivity index (χ2v) is 5.14. The standard InChI is InChI=1S/C16H19N5O/c1-3-14-13(10-18-21(14)2)16-19-15(20-22-16)12-6-4-11(5-7-12)8-9-17/h4-7,10H,3,8-9,17H2,1-2H3. The summed E-state index contributed by atoms with van der Waals surface area (Å²) in [5, 5.41) is 8.33. The number of aryl methyl sites for hydroxylation is 1. The second kappa shape index (κ2) is 6.11. The predicted molar refractivity (Wildman–Crippen MR) is 84.1 cm³/mol. The fraction of sp³-hybridized carbons (Fsp3) is 0.312. The number of hydrogen-bond acceptors (Lipinski definition) is 5. The van der Waals surface area contributed by atoms with Gasteiger partial charge in [0.2, 0.25) is 5.82 Å². The molecule has 3 rings (SSSR count). The Labute approximate surface area is 129 Å². The van der Waals surface area contributed by atoms with E-state index in [9.17, 15) is 0 Å². The molecular formula is C16H19N5O. The first-order valence-corrected chi connectivity index (χ1v) is 7.37. The monoisotopic (exact) mass is 297 g/mol. The molecule has 2 N–H and O–H groups in total. The summed E-state index contributed by atoms with van der Waals surface area (Å²) < 4.78 is 7.24. The molecule has 0 bridgehead atoms. The Morgan fingerprint density at radius 1 is 1.23 bits per heavy atom. The number of nitrogens with two attached hydrogens (primary N) is 1. The van der Waals surface area contributed by atoms with Gasteiger partial charge in [-0.05, 0) is 24.9 Å². The fourth-order valence-corrected chi connectivity index (χ4v) is 2.50. The van der Waals surface area contributed by atoms with Crippen molar-refractivity contribution < 1.29 is 4.52 Å². The molecule has 0 atom stereocenters. The zero-order chi connectivity index (χ0) is 15.5.